The maximum absolute atomic E-state index is 9.50. The van der Waals surface area contributed by atoms with Crippen LogP contribution < -0.4 is 4.74 Å². The summed E-state index contributed by atoms with van der Waals surface area (Å²) >= 11 is 0. The van der Waals surface area contributed by atoms with Crippen LogP contribution in [0.25, 0.3) is 0 Å². The molecule has 92 valence electrons. The molecule has 2 nitrogen and oxygen atoms in total. The van der Waals surface area contributed by atoms with Crippen LogP contribution in [-0.2, 0) is 12.8 Å². The summed E-state index contributed by atoms with van der Waals surface area (Å²) in [6.45, 7) is 0.842. The fourth-order valence-corrected chi connectivity index (χ4v) is 3.05. The molecule has 1 aliphatic carbocycles. The third kappa shape index (κ3) is 2.47. The van der Waals surface area contributed by atoms with Crippen molar-refractivity contribution in [2.45, 2.75) is 44.6 Å². The lowest BCUT2D eigenvalue weighted by Gasteiger charge is -2.25. The van der Waals surface area contributed by atoms with Crippen molar-refractivity contribution in [2.75, 3.05) is 6.61 Å². The van der Waals surface area contributed by atoms with E-state index < -0.39 is 0 Å². The van der Waals surface area contributed by atoms with Gasteiger partial charge in [0.1, 0.15) is 5.75 Å². The summed E-state index contributed by atoms with van der Waals surface area (Å²) in [5.41, 5.74) is 2.81. The van der Waals surface area contributed by atoms with E-state index in [-0.39, 0.29) is 6.10 Å². The van der Waals surface area contributed by atoms with Crippen LogP contribution in [0, 0.1) is 5.92 Å². The smallest absolute Gasteiger partial charge is 0.122 e. The van der Waals surface area contributed by atoms with Gasteiger partial charge in [0.2, 0.25) is 0 Å². The van der Waals surface area contributed by atoms with E-state index >= 15 is 0 Å². The van der Waals surface area contributed by atoms with E-state index in [1.807, 2.05) is 0 Å². The number of hydrogen-bond acceptors (Lipinski definition) is 2. The van der Waals surface area contributed by atoms with Gasteiger partial charge in [0.05, 0.1) is 12.7 Å². The molecule has 0 amide bonds. The Morgan fingerprint density at radius 1 is 1.18 bits per heavy atom. The topological polar surface area (TPSA) is 29.5 Å². The van der Waals surface area contributed by atoms with E-state index in [1.165, 1.54) is 30.4 Å². The van der Waals surface area contributed by atoms with Gasteiger partial charge >= 0.3 is 0 Å². The molecular weight excluding hydrogens is 212 g/mol. The monoisotopic (exact) mass is 232 g/mol. The Bertz CT molecular complexity index is 392. The number of aliphatic hydroxyl groups is 1. The molecule has 0 unspecified atom stereocenters. The SMILES string of the molecule is OC1CCC(Cc2ccc3c(c2)CCO3)CC1. The molecule has 0 saturated heterocycles. The molecule has 1 aliphatic heterocycles. The van der Waals surface area contributed by atoms with Gasteiger partial charge in [-0.1, -0.05) is 12.1 Å². The Morgan fingerprint density at radius 3 is 2.82 bits per heavy atom. The Balaban J connectivity index is 1.65. The normalized spacial score (nSPS) is 27.6. The molecule has 17 heavy (non-hydrogen) atoms. The maximum atomic E-state index is 9.50. The van der Waals surface area contributed by atoms with E-state index in [0.717, 1.165) is 37.5 Å². The summed E-state index contributed by atoms with van der Waals surface area (Å²) in [5.74, 6) is 1.84. The molecule has 0 aromatic heterocycles. The van der Waals surface area contributed by atoms with Crippen LogP contribution in [0.1, 0.15) is 36.8 Å². The van der Waals surface area contributed by atoms with Crippen molar-refractivity contribution >= 4 is 0 Å². The molecule has 1 fully saturated rings. The molecule has 0 spiro atoms. The van der Waals surface area contributed by atoms with Crippen LogP contribution in [-0.4, -0.2) is 17.8 Å². The van der Waals surface area contributed by atoms with Crippen LogP contribution in [0.4, 0.5) is 0 Å². The molecule has 1 aromatic carbocycles. The lowest BCUT2D eigenvalue weighted by Crippen LogP contribution is -2.19. The average molecular weight is 232 g/mol. The standard InChI is InChI=1S/C15H20O2/c16-14-4-1-11(2-5-14)9-12-3-6-15-13(10-12)7-8-17-15/h3,6,10-11,14,16H,1-2,4-5,7-9H2. The van der Waals surface area contributed by atoms with Gasteiger partial charge in [-0.25, -0.2) is 0 Å². The molecule has 1 aromatic rings. The predicted molar refractivity (Wildman–Crippen MR) is 67.3 cm³/mol. The van der Waals surface area contributed by atoms with Gasteiger partial charge in [-0.2, -0.15) is 0 Å². The van der Waals surface area contributed by atoms with Crippen molar-refractivity contribution in [1.82, 2.24) is 0 Å². The van der Waals surface area contributed by atoms with Crippen LogP contribution >= 0.6 is 0 Å². The van der Waals surface area contributed by atoms with Crippen LogP contribution in [0.15, 0.2) is 18.2 Å². The minimum atomic E-state index is -0.0420. The highest BCUT2D eigenvalue weighted by Gasteiger charge is 2.20. The summed E-state index contributed by atoms with van der Waals surface area (Å²) in [6.07, 6.45) is 6.51. The first-order valence-corrected chi connectivity index (χ1v) is 6.74. The highest BCUT2D eigenvalue weighted by Crippen LogP contribution is 2.30. The molecular formula is C15H20O2. The summed E-state index contributed by atoms with van der Waals surface area (Å²) < 4.78 is 5.52. The zero-order chi connectivity index (χ0) is 11.7. The summed E-state index contributed by atoms with van der Waals surface area (Å²) in [6, 6.07) is 6.64. The minimum Gasteiger partial charge on any atom is -0.493 e. The maximum Gasteiger partial charge on any atom is 0.122 e. The van der Waals surface area contributed by atoms with Gasteiger partial charge in [0.25, 0.3) is 0 Å². The second-order valence-electron chi connectivity index (χ2n) is 5.42. The summed E-state index contributed by atoms with van der Waals surface area (Å²) in [5, 5.41) is 9.50. The molecule has 3 rings (SSSR count). The number of benzene rings is 1. The fourth-order valence-electron chi connectivity index (χ4n) is 3.05. The van der Waals surface area contributed by atoms with Crippen molar-refractivity contribution in [2.24, 2.45) is 5.92 Å². The van der Waals surface area contributed by atoms with Crippen molar-refractivity contribution in [1.29, 1.82) is 0 Å². The quantitative estimate of drug-likeness (QED) is 0.849. The van der Waals surface area contributed by atoms with Gasteiger partial charge in [-0.15, -0.1) is 0 Å². The highest BCUT2D eigenvalue weighted by molar-refractivity contribution is 5.39. The van der Waals surface area contributed by atoms with Gasteiger partial charge in [0.15, 0.2) is 0 Å². The van der Waals surface area contributed by atoms with E-state index in [9.17, 15) is 5.11 Å². The molecule has 0 radical (unpaired) electrons. The number of ether oxygens (including phenoxy) is 1. The lowest BCUT2D eigenvalue weighted by atomic mass is 9.83. The lowest BCUT2D eigenvalue weighted by molar-refractivity contribution is 0.109. The second kappa shape index (κ2) is 4.69. The van der Waals surface area contributed by atoms with E-state index in [1.54, 1.807) is 0 Å². The largest absolute Gasteiger partial charge is 0.493 e. The third-order valence-electron chi connectivity index (χ3n) is 4.09. The number of hydrogen-bond donors (Lipinski definition) is 1. The zero-order valence-corrected chi connectivity index (χ0v) is 10.2. The molecule has 1 heterocycles. The van der Waals surface area contributed by atoms with Crippen molar-refractivity contribution in [3.8, 4) is 5.75 Å². The first-order chi connectivity index (χ1) is 8.31. The minimum absolute atomic E-state index is 0.0420. The molecule has 1 saturated carbocycles. The average Bonchev–Trinajstić information content (AvgIpc) is 2.79. The van der Waals surface area contributed by atoms with Crippen molar-refractivity contribution in [3.05, 3.63) is 29.3 Å². The first-order valence-electron chi connectivity index (χ1n) is 6.74. The number of rotatable bonds is 2. The van der Waals surface area contributed by atoms with Crippen LogP contribution in [0.2, 0.25) is 0 Å². The van der Waals surface area contributed by atoms with Crippen molar-refractivity contribution in [3.63, 3.8) is 0 Å². The Labute approximate surface area is 103 Å². The molecule has 2 aliphatic rings. The Morgan fingerprint density at radius 2 is 2.00 bits per heavy atom. The van der Waals surface area contributed by atoms with E-state index in [0.29, 0.717) is 0 Å². The van der Waals surface area contributed by atoms with Crippen LogP contribution in [0.5, 0.6) is 5.75 Å². The Hall–Kier alpha value is -1.02. The van der Waals surface area contributed by atoms with Gasteiger partial charge in [0, 0.05) is 6.42 Å². The summed E-state index contributed by atoms with van der Waals surface area (Å²) in [7, 11) is 0. The number of aliphatic hydroxyl groups excluding tert-OH is 1. The van der Waals surface area contributed by atoms with Crippen LogP contribution in [0.3, 0.4) is 0 Å². The molecule has 2 heteroatoms. The molecule has 0 atom stereocenters. The zero-order valence-electron chi connectivity index (χ0n) is 10.2. The molecule has 0 bridgehead atoms. The highest BCUT2D eigenvalue weighted by atomic mass is 16.5. The molecule has 1 N–H and O–H groups in total. The van der Waals surface area contributed by atoms with E-state index in [4.69, 9.17) is 4.74 Å². The van der Waals surface area contributed by atoms with Gasteiger partial charge in [-0.3, -0.25) is 0 Å². The third-order valence-corrected chi connectivity index (χ3v) is 4.09. The van der Waals surface area contributed by atoms with Gasteiger partial charge in [-0.05, 0) is 55.2 Å². The second-order valence-corrected chi connectivity index (χ2v) is 5.42. The summed E-state index contributed by atoms with van der Waals surface area (Å²) in [4.78, 5) is 0. The van der Waals surface area contributed by atoms with Crippen molar-refractivity contribution < 1.29 is 9.84 Å². The van der Waals surface area contributed by atoms with E-state index in [2.05, 4.69) is 18.2 Å². The van der Waals surface area contributed by atoms with Gasteiger partial charge < -0.3 is 9.84 Å². The first kappa shape index (κ1) is 11.1. The Kier molecular flexibility index (Phi) is 3.06. The predicted octanol–water partition coefficient (Wildman–Crippen LogP) is 2.72. The number of fused-ring (bicyclic) bond motifs is 1. The fraction of sp³-hybridized carbons (Fsp3) is 0.600.